The SMILES string of the molecule is CCOC.O=Cc1nnc(Br)o1. The zero-order valence-electron chi connectivity index (χ0n) is 6.78. The molecule has 6 heteroatoms. The lowest BCUT2D eigenvalue weighted by atomic mass is 10.8. The summed E-state index contributed by atoms with van der Waals surface area (Å²) in [5, 5.41) is 6.66. The van der Waals surface area contributed by atoms with Gasteiger partial charge in [-0.05, 0) is 6.92 Å². The molecule has 0 atom stereocenters. The summed E-state index contributed by atoms with van der Waals surface area (Å²) in [7, 11) is 1.68. The van der Waals surface area contributed by atoms with Crippen molar-refractivity contribution < 1.29 is 13.9 Å². The van der Waals surface area contributed by atoms with Gasteiger partial charge in [0.05, 0.1) is 0 Å². The Morgan fingerprint density at radius 2 is 2.25 bits per heavy atom. The minimum Gasteiger partial charge on any atom is -0.408 e. The lowest BCUT2D eigenvalue weighted by Gasteiger charge is -1.76. The van der Waals surface area contributed by atoms with Crippen LogP contribution in [0, 0.1) is 0 Å². The fraction of sp³-hybridized carbons (Fsp3) is 0.500. The Morgan fingerprint density at radius 3 is 2.42 bits per heavy atom. The molecule has 0 radical (unpaired) electrons. The molecule has 1 aromatic heterocycles. The van der Waals surface area contributed by atoms with Crippen molar-refractivity contribution in [2.45, 2.75) is 6.92 Å². The van der Waals surface area contributed by atoms with E-state index in [1.165, 1.54) is 0 Å². The number of carbonyl (C=O) groups excluding carboxylic acids is 1. The smallest absolute Gasteiger partial charge is 0.285 e. The Balaban J connectivity index is 0.000000261. The summed E-state index contributed by atoms with van der Waals surface area (Å²) in [5.74, 6) is -0.0168. The third kappa shape index (κ3) is 4.97. The lowest BCUT2D eigenvalue weighted by Crippen LogP contribution is -1.75. The molecule has 0 aliphatic rings. The Kier molecular flexibility index (Phi) is 6.50. The van der Waals surface area contributed by atoms with Crippen molar-refractivity contribution >= 4 is 22.2 Å². The predicted octanol–water partition coefficient (Wildman–Crippen LogP) is 1.30. The first kappa shape index (κ1) is 11.2. The van der Waals surface area contributed by atoms with Gasteiger partial charge in [-0.25, -0.2) is 0 Å². The maximum Gasteiger partial charge on any atom is 0.285 e. The lowest BCUT2D eigenvalue weighted by molar-refractivity contribution is 0.109. The van der Waals surface area contributed by atoms with Crippen molar-refractivity contribution in [3.05, 3.63) is 10.7 Å². The van der Waals surface area contributed by atoms with E-state index in [0.29, 0.717) is 6.29 Å². The number of carbonyl (C=O) groups is 1. The van der Waals surface area contributed by atoms with E-state index < -0.39 is 0 Å². The average Bonchev–Trinajstić information content (AvgIpc) is 2.52. The molecule has 12 heavy (non-hydrogen) atoms. The molecule has 0 unspecified atom stereocenters. The van der Waals surface area contributed by atoms with Crippen LogP contribution in [0.1, 0.15) is 17.6 Å². The van der Waals surface area contributed by atoms with E-state index in [0.717, 1.165) is 6.61 Å². The highest BCUT2D eigenvalue weighted by Gasteiger charge is 1.97. The summed E-state index contributed by atoms with van der Waals surface area (Å²) >= 11 is 2.87. The van der Waals surface area contributed by atoms with Gasteiger partial charge in [-0.3, -0.25) is 4.79 Å². The van der Waals surface area contributed by atoms with Gasteiger partial charge in [0, 0.05) is 29.6 Å². The van der Waals surface area contributed by atoms with E-state index >= 15 is 0 Å². The van der Waals surface area contributed by atoms with Crippen LogP contribution < -0.4 is 0 Å². The molecule has 0 aliphatic carbocycles. The quantitative estimate of drug-likeness (QED) is 0.725. The van der Waals surface area contributed by atoms with Crippen LogP contribution in [-0.2, 0) is 4.74 Å². The minimum absolute atomic E-state index is 0.0168. The van der Waals surface area contributed by atoms with Crippen LogP contribution in [-0.4, -0.2) is 30.2 Å². The number of rotatable bonds is 2. The number of hydrogen-bond donors (Lipinski definition) is 0. The molecule has 0 fully saturated rings. The van der Waals surface area contributed by atoms with Gasteiger partial charge in [-0.1, -0.05) is 0 Å². The number of hydrogen-bond acceptors (Lipinski definition) is 5. The van der Waals surface area contributed by atoms with Gasteiger partial charge in [-0.2, -0.15) is 0 Å². The van der Waals surface area contributed by atoms with Crippen molar-refractivity contribution in [3.63, 3.8) is 0 Å². The first-order valence-electron chi connectivity index (χ1n) is 3.17. The number of aromatic nitrogens is 2. The summed E-state index contributed by atoms with van der Waals surface area (Å²) in [6.45, 7) is 2.78. The van der Waals surface area contributed by atoms with Crippen molar-refractivity contribution in [2.75, 3.05) is 13.7 Å². The van der Waals surface area contributed by atoms with Crippen LogP contribution >= 0.6 is 15.9 Å². The number of halogens is 1. The fourth-order valence-corrected chi connectivity index (χ4v) is 0.508. The molecule has 0 aromatic carbocycles. The topological polar surface area (TPSA) is 65.2 Å². The van der Waals surface area contributed by atoms with Gasteiger partial charge in [-0.15, -0.1) is 10.2 Å². The molecule has 0 aliphatic heterocycles. The highest BCUT2D eigenvalue weighted by Crippen LogP contribution is 2.03. The molecule has 5 nitrogen and oxygen atoms in total. The average molecular weight is 237 g/mol. The summed E-state index contributed by atoms with van der Waals surface area (Å²) < 4.78 is 9.10. The fourth-order valence-electron chi connectivity index (χ4n) is 0.263. The molecular weight excluding hydrogens is 228 g/mol. The zero-order chi connectivity index (χ0) is 9.40. The first-order valence-corrected chi connectivity index (χ1v) is 3.97. The molecular formula is C6H9BrN2O3. The molecule has 1 heterocycles. The highest BCUT2D eigenvalue weighted by atomic mass is 79.9. The van der Waals surface area contributed by atoms with Crippen LogP contribution in [0.2, 0.25) is 0 Å². The predicted molar refractivity (Wildman–Crippen MR) is 44.9 cm³/mol. The third-order valence-corrected chi connectivity index (χ3v) is 1.13. The maximum absolute atomic E-state index is 9.80. The van der Waals surface area contributed by atoms with E-state index in [4.69, 9.17) is 0 Å². The van der Waals surface area contributed by atoms with Crippen molar-refractivity contribution in [3.8, 4) is 0 Å². The van der Waals surface area contributed by atoms with Crippen molar-refractivity contribution in [1.82, 2.24) is 10.2 Å². The van der Waals surface area contributed by atoms with Crippen LogP contribution in [0.5, 0.6) is 0 Å². The van der Waals surface area contributed by atoms with Crippen molar-refractivity contribution in [1.29, 1.82) is 0 Å². The van der Waals surface area contributed by atoms with Crippen LogP contribution in [0.4, 0.5) is 0 Å². The number of aldehydes is 1. The van der Waals surface area contributed by atoms with E-state index in [-0.39, 0.29) is 10.7 Å². The molecule has 1 rings (SSSR count). The van der Waals surface area contributed by atoms with Gasteiger partial charge in [0.1, 0.15) is 0 Å². The Bertz CT molecular complexity index is 224. The van der Waals surface area contributed by atoms with E-state index in [1.54, 1.807) is 7.11 Å². The second kappa shape index (κ2) is 6.93. The molecule has 0 N–H and O–H groups in total. The Morgan fingerprint density at radius 1 is 1.67 bits per heavy atom. The minimum atomic E-state index is -0.0168. The second-order valence-corrected chi connectivity index (χ2v) is 2.27. The standard InChI is InChI=1S/C3HBrN2O2.C3H8O/c4-3-6-5-2(1-7)8-3;1-3-4-2/h1H;3H2,1-2H3. The third-order valence-electron chi connectivity index (χ3n) is 0.805. The molecule has 1 aromatic rings. The summed E-state index contributed by atoms with van der Waals surface area (Å²) in [6, 6.07) is 0. The first-order chi connectivity index (χ1) is 5.74. The number of methoxy groups -OCH3 is 1. The van der Waals surface area contributed by atoms with Gasteiger partial charge >= 0.3 is 0 Å². The van der Waals surface area contributed by atoms with Crippen molar-refractivity contribution in [2.24, 2.45) is 0 Å². The van der Waals surface area contributed by atoms with Gasteiger partial charge in [0.25, 0.3) is 10.7 Å². The Hall–Kier alpha value is -0.750. The summed E-state index contributed by atoms with van der Waals surface area (Å²) in [5.41, 5.74) is 0. The molecule has 0 amide bonds. The number of ether oxygens (including phenoxy) is 1. The van der Waals surface area contributed by atoms with E-state index in [9.17, 15) is 4.79 Å². The van der Waals surface area contributed by atoms with E-state index in [2.05, 4.69) is 35.3 Å². The molecule has 0 spiro atoms. The second-order valence-electron chi connectivity index (χ2n) is 1.59. The van der Waals surface area contributed by atoms with Crippen LogP contribution in [0.25, 0.3) is 0 Å². The largest absolute Gasteiger partial charge is 0.408 e. The monoisotopic (exact) mass is 236 g/mol. The summed E-state index contributed by atoms with van der Waals surface area (Å²) in [6.07, 6.45) is 0.484. The highest BCUT2D eigenvalue weighted by molar-refractivity contribution is 9.10. The zero-order valence-corrected chi connectivity index (χ0v) is 8.37. The van der Waals surface area contributed by atoms with Gasteiger partial charge in [0.2, 0.25) is 6.29 Å². The molecule has 0 saturated heterocycles. The van der Waals surface area contributed by atoms with E-state index in [1.807, 2.05) is 6.92 Å². The number of nitrogens with zero attached hydrogens (tertiary/aromatic N) is 2. The molecule has 0 bridgehead atoms. The van der Waals surface area contributed by atoms with Gasteiger partial charge < -0.3 is 9.15 Å². The molecule has 0 saturated carbocycles. The normalized spacial score (nSPS) is 8.58. The summed E-state index contributed by atoms with van der Waals surface area (Å²) in [4.78, 5) is 10.0. The Labute approximate surface area is 78.2 Å². The van der Waals surface area contributed by atoms with Crippen LogP contribution in [0.15, 0.2) is 9.22 Å². The molecule has 68 valence electrons. The maximum atomic E-state index is 9.80. The van der Waals surface area contributed by atoms with Gasteiger partial charge in [0.15, 0.2) is 0 Å². The van der Waals surface area contributed by atoms with Crippen LogP contribution in [0.3, 0.4) is 0 Å².